The number of alkyl halides is 3. The Hall–Kier alpha value is -0.980. The normalized spacial score (nSPS) is 21.0. The van der Waals surface area contributed by atoms with Gasteiger partial charge in [0.1, 0.15) is 0 Å². The predicted molar refractivity (Wildman–Crippen MR) is 84.2 cm³/mol. The summed E-state index contributed by atoms with van der Waals surface area (Å²) in [6, 6.07) is 0.639. The minimum absolute atomic E-state index is 0.236. The first kappa shape index (κ1) is 19.1. The van der Waals surface area contributed by atoms with Crippen LogP contribution in [0.5, 0.6) is 0 Å². The molecule has 22 heavy (non-hydrogen) atoms. The lowest BCUT2D eigenvalue weighted by atomic mass is 10.0. The summed E-state index contributed by atoms with van der Waals surface area (Å²) < 4.78 is 36.5. The van der Waals surface area contributed by atoms with Crippen molar-refractivity contribution in [2.45, 2.75) is 58.2 Å². The summed E-state index contributed by atoms with van der Waals surface area (Å²) in [5.74, 6) is 0.469. The predicted octanol–water partition coefficient (Wildman–Crippen LogP) is 2.76. The molecule has 0 saturated carbocycles. The van der Waals surface area contributed by atoms with Crippen molar-refractivity contribution in [2.24, 2.45) is 4.99 Å². The topological polar surface area (TPSA) is 39.7 Å². The molecule has 1 atom stereocenters. The Morgan fingerprint density at radius 3 is 2.64 bits per heavy atom. The molecule has 1 unspecified atom stereocenters. The van der Waals surface area contributed by atoms with E-state index in [1.807, 2.05) is 6.92 Å². The molecule has 4 nitrogen and oxygen atoms in total. The Morgan fingerprint density at radius 1 is 1.23 bits per heavy atom. The van der Waals surface area contributed by atoms with Crippen molar-refractivity contribution in [2.75, 3.05) is 32.7 Å². The molecule has 0 aromatic rings. The van der Waals surface area contributed by atoms with Crippen molar-refractivity contribution in [1.82, 2.24) is 15.5 Å². The van der Waals surface area contributed by atoms with E-state index in [1.54, 1.807) is 0 Å². The molecular weight excluding hydrogens is 293 g/mol. The van der Waals surface area contributed by atoms with Crippen LogP contribution in [0, 0.1) is 0 Å². The molecule has 1 fully saturated rings. The van der Waals surface area contributed by atoms with Crippen molar-refractivity contribution >= 4 is 5.96 Å². The lowest BCUT2D eigenvalue weighted by Crippen LogP contribution is -2.46. The number of hydrogen-bond donors (Lipinski definition) is 2. The van der Waals surface area contributed by atoms with E-state index in [0.717, 1.165) is 19.5 Å². The molecule has 1 saturated heterocycles. The summed E-state index contributed by atoms with van der Waals surface area (Å²) >= 11 is 0. The Morgan fingerprint density at radius 2 is 2.00 bits per heavy atom. The number of nitrogens with zero attached hydrogens (tertiary/aromatic N) is 2. The maximum atomic E-state index is 12.2. The van der Waals surface area contributed by atoms with E-state index in [9.17, 15) is 13.2 Å². The molecule has 0 spiro atoms. The van der Waals surface area contributed by atoms with E-state index in [4.69, 9.17) is 0 Å². The fourth-order valence-corrected chi connectivity index (χ4v) is 2.77. The minimum atomic E-state index is -4.15. The first-order valence-electron chi connectivity index (χ1n) is 8.29. The summed E-state index contributed by atoms with van der Waals surface area (Å²) in [6.45, 7) is 7.23. The van der Waals surface area contributed by atoms with Gasteiger partial charge < -0.3 is 10.6 Å². The van der Waals surface area contributed by atoms with Gasteiger partial charge in [0.15, 0.2) is 5.96 Å². The van der Waals surface area contributed by atoms with Gasteiger partial charge in [0.25, 0.3) is 0 Å². The highest BCUT2D eigenvalue weighted by Gasteiger charge is 2.26. The number of piperidine rings is 1. The van der Waals surface area contributed by atoms with Gasteiger partial charge in [-0.3, -0.25) is 9.89 Å². The summed E-state index contributed by atoms with van der Waals surface area (Å²) in [5.41, 5.74) is 0. The fourth-order valence-electron chi connectivity index (χ4n) is 2.77. The zero-order chi connectivity index (χ0) is 16.4. The standard InChI is InChI=1S/C15H29F3N4/c1-3-13-7-5-6-11-22(13)12-10-21-14(19-4-2)20-9-8-15(16,17)18/h13H,3-12H2,1-2H3,(H2,19,20,21). The van der Waals surface area contributed by atoms with Gasteiger partial charge in [0, 0.05) is 25.7 Å². The Labute approximate surface area is 131 Å². The van der Waals surface area contributed by atoms with E-state index in [2.05, 4.69) is 27.4 Å². The Kier molecular flexibility index (Phi) is 8.60. The van der Waals surface area contributed by atoms with Gasteiger partial charge in [-0.05, 0) is 32.7 Å². The van der Waals surface area contributed by atoms with Crippen molar-refractivity contribution < 1.29 is 13.2 Å². The zero-order valence-corrected chi connectivity index (χ0v) is 13.7. The number of aliphatic imine (C=N–C) groups is 1. The quantitative estimate of drug-likeness (QED) is 0.559. The monoisotopic (exact) mass is 322 g/mol. The number of likely N-dealkylation sites (tertiary alicyclic amines) is 1. The summed E-state index contributed by atoms with van der Waals surface area (Å²) in [4.78, 5) is 6.44. The maximum absolute atomic E-state index is 12.2. The van der Waals surface area contributed by atoms with Crippen LogP contribution in [-0.2, 0) is 0 Å². The molecule has 130 valence electrons. The van der Waals surface area contributed by atoms with Gasteiger partial charge in [0.05, 0.1) is 13.0 Å². The number of rotatable bonds is 7. The summed E-state index contributed by atoms with van der Waals surface area (Å²) in [7, 11) is 0. The molecule has 0 aromatic carbocycles. The average molecular weight is 322 g/mol. The fraction of sp³-hybridized carbons (Fsp3) is 0.933. The highest BCUT2D eigenvalue weighted by Crippen LogP contribution is 2.19. The number of halogens is 3. The van der Waals surface area contributed by atoms with Gasteiger partial charge in [-0.1, -0.05) is 13.3 Å². The minimum Gasteiger partial charge on any atom is -0.357 e. The molecular formula is C15H29F3N4. The van der Waals surface area contributed by atoms with Crippen LogP contribution in [0.4, 0.5) is 13.2 Å². The van der Waals surface area contributed by atoms with Crippen LogP contribution in [0.15, 0.2) is 4.99 Å². The molecule has 0 aromatic heterocycles. The highest BCUT2D eigenvalue weighted by molar-refractivity contribution is 5.79. The SMILES string of the molecule is CCNC(=NCCC(F)(F)F)NCCN1CCCCC1CC. The Bertz CT molecular complexity index is 331. The van der Waals surface area contributed by atoms with Crippen LogP contribution in [0.2, 0.25) is 0 Å². The van der Waals surface area contributed by atoms with Crippen molar-refractivity contribution in [3.63, 3.8) is 0 Å². The molecule has 1 aliphatic heterocycles. The second kappa shape index (κ2) is 9.92. The van der Waals surface area contributed by atoms with Crippen LogP contribution >= 0.6 is 0 Å². The van der Waals surface area contributed by atoms with E-state index in [1.165, 1.54) is 19.3 Å². The van der Waals surface area contributed by atoms with Gasteiger partial charge in [-0.25, -0.2) is 0 Å². The van der Waals surface area contributed by atoms with Crippen LogP contribution in [0.25, 0.3) is 0 Å². The Balaban J connectivity index is 2.35. The van der Waals surface area contributed by atoms with Gasteiger partial charge >= 0.3 is 6.18 Å². The van der Waals surface area contributed by atoms with Gasteiger partial charge in [-0.15, -0.1) is 0 Å². The van der Waals surface area contributed by atoms with Crippen molar-refractivity contribution in [3.05, 3.63) is 0 Å². The van der Waals surface area contributed by atoms with Gasteiger partial charge in [-0.2, -0.15) is 13.2 Å². The smallest absolute Gasteiger partial charge is 0.357 e. The second-order valence-corrected chi connectivity index (χ2v) is 5.65. The van der Waals surface area contributed by atoms with Crippen LogP contribution in [-0.4, -0.2) is 55.8 Å². The highest BCUT2D eigenvalue weighted by atomic mass is 19.4. The summed E-state index contributed by atoms with van der Waals surface area (Å²) in [6.07, 6.45) is -0.104. The third kappa shape index (κ3) is 7.87. The van der Waals surface area contributed by atoms with Crippen LogP contribution in [0.1, 0.15) is 46.0 Å². The van der Waals surface area contributed by atoms with E-state index < -0.39 is 12.6 Å². The molecule has 0 aliphatic carbocycles. The number of guanidine groups is 1. The molecule has 0 radical (unpaired) electrons. The number of hydrogen-bond acceptors (Lipinski definition) is 2. The molecule has 0 amide bonds. The molecule has 1 aliphatic rings. The van der Waals surface area contributed by atoms with E-state index >= 15 is 0 Å². The third-order valence-electron chi connectivity index (χ3n) is 3.92. The van der Waals surface area contributed by atoms with Crippen molar-refractivity contribution in [1.29, 1.82) is 0 Å². The summed E-state index contributed by atoms with van der Waals surface area (Å²) in [5, 5.41) is 6.11. The third-order valence-corrected chi connectivity index (χ3v) is 3.92. The largest absolute Gasteiger partial charge is 0.390 e. The number of nitrogens with one attached hydrogen (secondary N) is 2. The van der Waals surface area contributed by atoms with Crippen LogP contribution in [0.3, 0.4) is 0 Å². The van der Waals surface area contributed by atoms with E-state index in [-0.39, 0.29) is 6.54 Å². The molecule has 0 bridgehead atoms. The van der Waals surface area contributed by atoms with Crippen LogP contribution < -0.4 is 10.6 Å². The first-order valence-corrected chi connectivity index (χ1v) is 8.29. The molecule has 7 heteroatoms. The lowest BCUT2D eigenvalue weighted by Gasteiger charge is -2.35. The molecule has 2 N–H and O–H groups in total. The van der Waals surface area contributed by atoms with Crippen molar-refractivity contribution in [3.8, 4) is 0 Å². The lowest BCUT2D eigenvalue weighted by molar-refractivity contribution is -0.132. The maximum Gasteiger partial charge on any atom is 0.390 e. The average Bonchev–Trinajstić information content (AvgIpc) is 2.46. The second-order valence-electron chi connectivity index (χ2n) is 5.65. The first-order chi connectivity index (χ1) is 10.5. The van der Waals surface area contributed by atoms with E-state index in [0.29, 0.717) is 25.1 Å². The molecule has 1 rings (SSSR count). The molecule has 1 heterocycles. The van der Waals surface area contributed by atoms with Gasteiger partial charge in [0.2, 0.25) is 0 Å². The zero-order valence-electron chi connectivity index (χ0n) is 13.7.